The van der Waals surface area contributed by atoms with Gasteiger partial charge in [0.25, 0.3) is 0 Å². The molecule has 1 saturated heterocycles. The Balaban J connectivity index is 1.50. The van der Waals surface area contributed by atoms with E-state index in [9.17, 15) is 13.6 Å². The third-order valence-corrected chi connectivity index (χ3v) is 6.53. The maximum Gasteiger partial charge on any atom is 0.240 e. The number of likely N-dealkylation sites (N-methyl/N-ethyl adjacent to an activating group) is 1. The normalized spacial score (nSPS) is 18.9. The molecule has 0 radical (unpaired) electrons. The molecule has 0 unspecified atom stereocenters. The molecule has 5 nitrogen and oxygen atoms in total. The van der Waals surface area contributed by atoms with Gasteiger partial charge < -0.3 is 9.42 Å². The van der Waals surface area contributed by atoms with Crippen molar-refractivity contribution in [2.24, 2.45) is 0 Å². The molecular weight excluding hydrogens is 420 g/mol. The predicted molar refractivity (Wildman–Crippen MR) is 114 cm³/mol. The number of amides is 1. The summed E-state index contributed by atoms with van der Waals surface area (Å²) >= 11 is 1.64. The number of hydrogen-bond donors (Lipinski definition) is 0. The Morgan fingerprint density at radius 1 is 1.19 bits per heavy atom. The first-order valence-electron chi connectivity index (χ1n) is 10.0. The van der Waals surface area contributed by atoms with Gasteiger partial charge in [-0.05, 0) is 48.4 Å². The average molecular weight is 444 g/mol. The minimum atomic E-state index is -0.335. The number of carbonyl (C=O) groups excluding carboxylic acids is 1. The third-order valence-electron chi connectivity index (χ3n) is 5.31. The van der Waals surface area contributed by atoms with Crippen molar-refractivity contribution in [2.45, 2.75) is 35.7 Å². The van der Waals surface area contributed by atoms with E-state index in [1.807, 2.05) is 6.07 Å². The molecular formula is C23H23F2N3O2S. The maximum atomic E-state index is 13.7. The van der Waals surface area contributed by atoms with E-state index in [0.717, 1.165) is 10.5 Å². The van der Waals surface area contributed by atoms with Crippen LogP contribution in [0.1, 0.15) is 17.7 Å². The van der Waals surface area contributed by atoms with Crippen LogP contribution in [-0.2, 0) is 17.9 Å². The molecule has 1 amide bonds. The first kappa shape index (κ1) is 21.5. The molecule has 0 aliphatic carbocycles. The van der Waals surface area contributed by atoms with Crippen LogP contribution in [-0.4, -0.2) is 45.7 Å². The monoisotopic (exact) mass is 443 g/mol. The van der Waals surface area contributed by atoms with E-state index in [1.54, 1.807) is 48.0 Å². The Labute approximate surface area is 184 Å². The van der Waals surface area contributed by atoms with E-state index in [0.29, 0.717) is 31.7 Å². The van der Waals surface area contributed by atoms with E-state index in [1.165, 1.54) is 30.5 Å². The molecule has 0 saturated carbocycles. The Bertz CT molecular complexity index is 1010. The topological polar surface area (TPSA) is 49.6 Å². The Morgan fingerprint density at radius 3 is 2.71 bits per heavy atom. The minimum Gasteiger partial charge on any atom is -0.364 e. The highest BCUT2D eigenvalue weighted by Gasteiger charge is 2.38. The Hall–Kier alpha value is -2.71. The van der Waals surface area contributed by atoms with Crippen molar-refractivity contribution in [1.82, 2.24) is 15.0 Å². The predicted octanol–water partition coefficient (Wildman–Crippen LogP) is 4.35. The molecule has 162 valence electrons. The van der Waals surface area contributed by atoms with Gasteiger partial charge >= 0.3 is 0 Å². The quantitative estimate of drug-likeness (QED) is 0.544. The number of halogens is 2. The summed E-state index contributed by atoms with van der Waals surface area (Å²) in [6, 6.07) is 14.2. The average Bonchev–Trinajstić information content (AvgIpc) is 3.39. The maximum absolute atomic E-state index is 13.7. The van der Waals surface area contributed by atoms with Gasteiger partial charge in [0.05, 0.1) is 12.6 Å². The van der Waals surface area contributed by atoms with Crippen molar-refractivity contribution in [2.75, 3.05) is 13.6 Å². The molecule has 2 aromatic carbocycles. The number of carbonyl (C=O) groups is 1. The molecule has 0 bridgehead atoms. The van der Waals surface area contributed by atoms with Crippen LogP contribution in [0.5, 0.6) is 0 Å². The van der Waals surface area contributed by atoms with Crippen molar-refractivity contribution in [1.29, 1.82) is 0 Å². The highest BCUT2D eigenvalue weighted by molar-refractivity contribution is 8.00. The molecule has 1 aliphatic heterocycles. The van der Waals surface area contributed by atoms with Gasteiger partial charge in [0.1, 0.15) is 23.6 Å². The molecule has 4 rings (SSSR count). The number of likely N-dealkylation sites (tertiary alicyclic amines) is 1. The summed E-state index contributed by atoms with van der Waals surface area (Å²) in [6.45, 7) is 1.51. The van der Waals surface area contributed by atoms with Crippen LogP contribution in [0.3, 0.4) is 0 Å². The van der Waals surface area contributed by atoms with Gasteiger partial charge in [-0.2, -0.15) is 0 Å². The second kappa shape index (κ2) is 9.62. The van der Waals surface area contributed by atoms with E-state index in [4.69, 9.17) is 4.52 Å². The first-order chi connectivity index (χ1) is 15.0. The molecule has 3 aromatic rings. The van der Waals surface area contributed by atoms with Gasteiger partial charge in [0.2, 0.25) is 5.91 Å². The van der Waals surface area contributed by atoms with Crippen molar-refractivity contribution < 1.29 is 18.1 Å². The second-order valence-corrected chi connectivity index (χ2v) is 9.06. The van der Waals surface area contributed by atoms with Crippen LogP contribution in [0.4, 0.5) is 8.78 Å². The molecule has 2 atom stereocenters. The molecule has 2 heterocycles. The van der Waals surface area contributed by atoms with E-state index in [2.05, 4.69) is 10.1 Å². The smallest absolute Gasteiger partial charge is 0.240 e. The Kier molecular flexibility index (Phi) is 6.67. The minimum absolute atomic E-state index is 0.0124. The number of hydrogen-bond acceptors (Lipinski definition) is 5. The van der Waals surface area contributed by atoms with Crippen molar-refractivity contribution in [3.05, 3.63) is 83.8 Å². The van der Waals surface area contributed by atoms with Gasteiger partial charge in [-0.25, -0.2) is 8.78 Å². The number of benzene rings is 2. The summed E-state index contributed by atoms with van der Waals surface area (Å²) < 4.78 is 31.8. The summed E-state index contributed by atoms with van der Waals surface area (Å²) in [5.41, 5.74) is 1.51. The molecule has 1 aliphatic rings. The summed E-state index contributed by atoms with van der Waals surface area (Å²) in [7, 11) is 1.75. The lowest BCUT2D eigenvalue weighted by molar-refractivity contribution is -0.135. The largest absolute Gasteiger partial charge is 0.364 e. The van der Waals surface area contributed by atoms with E-state index < -0.39 is 0 Å². The van der Waals surface area contributed by atoms with Crippen LogP contribution in [0.25, 0.3) is 0 Å². The van der Waals surface area contributed by atoms with Crippen molar-refractivity contribution >= 4 is 17.7 Å². The van der Waals surface area contributed by atoms with Crippen LogP contribution >= 0.6 is 11.8 Å². The van der Waals surface area contributed by atoms with Crippen LogP contribution in [0, 0.1) is 11.6 Å². The zero-order chi connectivity index (χ0) is 21.8. The lowest BCUT2D eigenvalue weighted by Gasteiger charge is -2.27. The van der Waals surface area contributed by atoms with Crippen LogP contribution in [0.15, 0.2) is 70.3 Å². The molecule has 31 heavy (non-hydrogen) atoms. The number of nitrogens with zero attached hydrogens (tertiary/aromatic N) is 3. The number of thioether (sulfide) groups is 1. The summed E-state index contributed by atoms with van der Waals surface area (Å²) in [6.07, 6.45) is 2.13. The zero-order valence-electron chi connectivity index (χ0n) is 17.1. The molecule has 0 N–H and O–H groups in total. The van der Waals surface area contributed by atoms with Gasteiger partial charge in [0, 0.05) is 36.3 Å². The lowest BCUT2D eigenvalue weighted by Crippen LogP contribution is -2.43. The molecule has 0 spiro atoms. The third kappa shape index (κ3) is 5.51. The van der Waals surface area contributed by atoms with Crippen molar-refractivity contribution in [3.8, 4) is 0 Å². The van der Waals surface area contributed by atoms with Crippen LogP contribution < -0.4 is 0 Å². The summed E-state index contributed by atoms with van der Waals surface area (Å²) in [5.74, 6) is -0.576. The van der Waals surface area contributed by atoms with Crippen LogP contribution in [0.2, 0.25) is 0 Å². The SMILES string of the molecule is CN(Cc1ccon1)C(=O)[C@@H]1C[C@@H](Sc2ccc(F)cc2)CN1Cc1cccc(F)c1. The van der Waals surface area contributed by atoms with Crippen molar-refractivity contribution in [3.63, 3.8) is 0 Å². The Morgan fingerprint density at radius 2 is 2.00 bits per heavy atom. The van der Waals surface area contributed by atoms with Gasteiger partial charge in [-0.15, -0.1) is 11.8 Å². The second-order valence-electron chi connectivity index (χ2n) is 7.69. The molecule has 1 aromatic heterocycles. The fraction of sp³-hybridized carbons (Fsp3) is 0.304. The highest BCUT2D eigenvalue weighted by Crippen LogP contribution is 2.34. The number of aromatic nitrogens is 1. The zero-order valence-corrected chi connectivity index (χ0v) is 17.9. The standard InChI is InChI=1S/C23H23F2N3O2S/c1-27(14-19-9-10-30-26-19)23(29)22-12-21(31-20-7-5-17(24)6-8-20)15-28(22)13-16-3-2-4-18(25)11-16/h2-11,21-22H,12-15H2,1H3/t21-,22+/m1/s1. The summed E-state index contributed by atoms with van der Waals surface area (Å²) in [4.78, 5) is 18.0. The fourth-order valence-corrected chi connectivity index (χ4v) is 5.07. The van der Waals surface area contributed by atoms with Gasteiger partial charge in [-0.1, -0.05) is 17.3 Å². The lowest BCUT2D eigenvalue weighted by atomic mass is 10.1. The van der Waals surface area contributed by atoms with Gasteiger partial charge in [-0.3, -0.25) is 9.69 Å². The van der Waals surface area contributed by atoms with E-state index in [-0.39, 0.29) is 28.8 Å². The molecule has 8 heteroatoms. The summed E-state index contributed by atoms with van der Waals surface area (Å²) in [5, 5.41) is 4.04. The fourth-order valence-electron chi connectivity index (χ4n) is 3.85. The highest BCUT2D eigenvalue weighted by atomic mass is 32.2. The van der Waals surface area contributed by atoms with Gasteiger partial charge in [0.15, 0.2) is 0 Å². The molecule has 1 fully saturated rings. The van der Waals surface area contributed by atoms with E-state index >= 15 is 0 Å². The first-order valence-corrected chi connectivity index (χ1v) is 10.9. The number of rotatable bonds is 7.